The molecule has 0 spiro atoms. The maximum atomic E-state index is 6.13. The van der Waals surface area contributed by atoms with Crippen LogP contribution in [0.25, 0.3) is 10.8 Å². The average molecular weight is 368 g/mol. The number of benzene rings is 4. The molecule has 0 aliphatic rings. The van der Waals surface area contributed by atoms with Crippen molar-refractivity contribution in [3.8, 4) is 5.75 Å². The molecule has 0 unspecified atom stereocenters. The summed E-state index contributed by atoms with van der Waals surface area (Å²) in [5.41, 5.74) is 4.78. The van der Waals surface area contributed by atoms with Gasteiger partial charge >= 0.3 is 0 Å². The number of aryl methyl sites for hydroxylation is 1. The fourth-order valence-corrected chi connectivity index (χ4v) is 3.90. The Hall–Kier alpha value is -3.10. The Morgan fingerprint density at radius 1 is 0.750 bits per heavy atom. The van der Waals surface area contributed by atoms with Crippen molar-refractivity contribution in [3.63, 3.8) is 0 Å². The van der Waals surface area contributed by atoms with E-state index in [9.17, 15) is 0 Å². The molecule has 0 radical (unpaired) electrons. The Balaban J connectivity index is 1.99. The van der Waals surface area contributed by atoms with Gasteiger partial charge in [0.15, 0.2) is 6.79 Å². The van der Waals surface area contributed by atoms with Crippen LogP contribution >= 0.6 is 0 Å². The van der Waals surface area contributed by atoms with Crippen LogP contribution in [0.4, 0.5) is 0 Å². The lowest BCUT2D eigenvalue weighted by molar-refractivity contribution is 0.0500. The molecule has 4 rings (SSSR count). The quantitative estimate of drug-likeness (QED) is 0.293. The Morgan fingerprint density at radius 3 is 1.93 bits per heavy atom. The van der Waals surface area contributed by atoms with Crippen LogP contribution in [0.1, 0.15) is 28.2 Å². The zero-order valence-corrected chi connectivity index (χ0v) is 16.3. The van der Waals surface area contributed by atoms with E-state index in [-0.39, 0.29) is 12.7 Å². The fraction of sp³-hybridized carbons (Fsp3) is 0.154. The van der Waals surface area contributed by atoms with Gasteiger partial charge in [0.2, 0.25) is 0 Å². The van der Waals surface area contributed by atoms with Gasteiger partial charge in [-0.15, -0.1) is 0 Å². The van der Waals surface area contributed by atoms with Gasteiger partial charge in [-0.25, -0.2) is 0 Å². The second-order valence-electron chi connectivity index (χ2n) is 6.95. The molecule has 0 atom stereocenters. The molecule has 0 aromatic heterocycles. The van der Waals surface area contributed by atoms with E-state index in [1.807, 2.05) is 0 Å². The van der Waals surface area contributed by atoms with Crippen molar-refractivity contribution in [2.75, 3.05) is 13.9 Å². The van der Waals surface area contributed by atoms with E-state index >= 15 is 0 Å². The highest BCUT2D eigenvalue weighted by molar-refractivity contribution is 5.89. The van der Waals surface area contributed by atoms with Crippen molar-refractivity contribution in [1.29, 1.82) is 0 Å². The smallest absolute Gasteiger partial charge is 0.188 e. The first-order valence-electron chi connectivity index (χ1n) is 9.53. The molecule has 4 aromatic carbocycles. The van der Waals surface area contributed by atoms with Crippen molar-refractivity contribution in [3.05, 3.63) is 113 Å². The zero-order chi connectivity index (χ0) is 19.3. The summed E-state index contributed by atoms with van der Waals surface area (Å²) in [5, 5.41) is 2.42. The van der Waals surface area contributed by atoms with E-state index in [0.29, 0.717) is 0 Å². The van der Waals surface area contributed by atoms with Crippen molar-refractivity contribution in [2.45, 2.75) is 12.8 Å². The van der Waals surface area contributed by atoms with Crippen LogP contribution in [0.2, 0.25) is 0 Å². The minimum atomic E-state index is 0.0811. The molecule has 0 N–H and O–H groups in total. The number of methoxy groups -OCH3 is 1. The van der Waals surface area contributed by atoms with Gasteiger partial charge in [-0.1, -0.05) is 84.9 Å². The van der Waals surface area contributed by atoms with E-state index in [4.69, 9.17) is 9.47 Å². The summed E-state index contributed by atoms with van der Waals surface area (Å²) >= 11 is 0. The third kappa shape index (κ3) is 3.51. The minimum absolute atomic E-state index is 0.0811. The molecule has 0 bridgehead atoms. The highest BCUT2D eigenvalue weighted by atomic mass is 16.7. The summed E-state index contributed by atoms with van der Waals surface area (Å²) in [4.78, 5) is 0. The summed E-state index contributed by atoms with van der Waals surface area (Å²) in [6, 6.07) is 31.9. The zero-order valence-electron chi connectivity index (χ0n) is 16.3. The van der Waals surface area contributed by atoms with Crippen LogP contribution in [-0.4, -0.2) is 13.9 Å². The first kappa shape index (κ1) is 18.3. The maximum Gasteiger partial charge on any atom is 0.188 e. The van der Waals surface area contributed by atoms with Gasteiger partial charge in [-0.3, -0.25) is 0 Å². The predicted molar refractivity (Wildman–Crippen MR) is 115 cm³/mol. The molecule has 2 heteroatoms. The van der Waals surface area contributed by atoms with E-state index in [1.54, 1.807) is 7.11 Å². The highest BCUT2D eigenvalue weighted by Crippen LogP contribution is 2.41. The second-order valence-corrected chi connectivity index (χ2v) is 6.95. The normalized spacial score (nSPS) is 11.1. The second kappa shape index (κ2) is 8.28. The van der Waals surface area contributed by atoms with Crippen LogP contribution in [0.5, 0.6) is 5.75 Å². The molecule has 2 nitrogen and oxygen atoms in total. The Labute approximate surface area is 166 Å². The molecule has 28 heavy (non-hydrogen) atoms. The van der Waals surface area contributed by atoms with E-state index in [1.165, 1.54) is 21.9 Å². The van der Waals surface area contributed by atoms with Crippen LogP contribution in [-0.2, 0) is 4.74 Å². The van der Waals surface area contributed by atoms with E-state index < -0.39 is 0 Å². The summed E-state index contributed by atoms with van der Waals surface area (Å²) in [6.45, 7) is 2.35. The molecule has 0 aliphatic carbocycles. The number of rotatable bonds is 6. The molecule has 0 saturated heterocycles. The maximum absolute atomic E-state index is 6.13. The standard InChI is InChI=1S/C26H24O2/c1-19-23-16-10-9-15-22(23)17-24(26(19)28-18-27-2)25(20-11-5-3-6-12-20)21-13-7-4-8-14-21/h3-17,25H,18H2,1-2H3. The fourth-order valence-electron chi connectivity index (χ4n) is 3.90. The summed E-state index contributed by atoms with van der Waals surface area (Å²) in [5.74, 6) is 0.982. The molecule has 0 fully saturated rings. The van der Waals surface area contributed by atoms with Gasteiger partial charge in [0.05, 0.1) is 0 Å². The van der Waals surface area contributed by atoms with Gasteiger partial charge in [0.25, 0.3) is 0 Å². The van der Waals surface area contributed by atoms with Crippen molar-refractivity contribution < 1.29 is 9.47 Å². The molecule has 0 amide bonds. The predicted octanol–water partition coefficient (Wildman–Crippen LogP) is 6.31. The van der Waals surface area contributed by atoms with Gasteiger partial charge in [0, 0.05) is 18.6 Å². The molecule has 0 saturated carbocycles. The molecule has 4 aromatic rings. The first-order chi connectivity index (χ1) is 13.8. The average Bonchev–Trinajstić information content (AvgIpc) is 2.75. The number of hydrogen-bond acceptors (Lipinski definition) is 2. The van der Waals surface area contributed by atoms with Crippen molar-refractivity contribution in [1.82, 2.24) is 0 Å². The topological polar surface area (TPSA) is 18.5 Å². The number of fused-ring (bicyclic) bond motifs is 1. The first-order valence-corrected chi connectivity index (χ1v) is 9.53. The summed E-state index contributed by atoms with van der Waals surface area (Å²) < 4.78 is 11.4. The molecule has 0 aliphatic heterocycles. The lowest BCUT2D eigenvalue weighted by Gasteiger charge is -2.24. The summed E-state index contributed by atoms with van der Waals surface area (Å²) in [7, 11) is 1.65. The molecule has 0 heterocycles. The van der Waals surface area contributed by atoms with Gasteiger partial charge in [-0.05, 0) is 40.5 Å². The Kier molecular flexibility index (Phi) is 5.41. The van der Waals surface area contributed by atoms with Gasteiger partial charge in [-0.2, -0.15) is 0 Å². The lowest BCUT2D eigenvalue weighted by atomic mass is 9.82. The van der Waals surface area contributed by atoms with Crippen LogP contribution < -0.4 is 4.74 Å². The van der Waals surface area contributed by atoms with Crippen molar-refractivity contribution >= 4 is 10.8 Å². The summed E-state index contributed by atoms with van der Waals surface area (Å²) in [6.07, 6.45) is 0. The monoisotopic (exact) mass is 368 g/mol. The third-order valence-corrected chi connectivity index (χ3v) is 5.18. The third-order valence-electron chi connectivity index (χ3n) is 5.18. The Bertz CT molecular complexity index is 1020. The lowest BCUT2D eigenvalue weighted by Crippen LogP contribution is -2.09. The highest BCUT2D eigenvalue weighted by Gasteiger charge is 2.23. The van der Waals surface area contributed by atoms with Crippen LogP contribution in [0.3, 0.4) is 0 Å². The number of hydrogen-bond donors (Lipinski definition) is 0. The SMILES string of the molecule is COCOc1c(C(c2ccccc2)c2ccccc2)cc2ccccc2c1C. The van der Waals surface area contributed by atoms with E-state index in [2.05, 4.69) is 97.9 Å². The molecular formula is C26H24O2. The minimum Gasteiger partial charge on any atom is -0.467 e. The van der Waals surface area contributed by atoms with Gasteiger partial charge in [0.1, 0.15) is 5.75 Å². The largest absolute Gasteiger partial charge is 0.467 e. The molecular weight excluding hydrogens is 344 g/mol. The van der Waals surface area contributed by atoms with Crippen LogP contribution in [0.15, 0.2) is 91.0 Å². The Morgan fingerprint density at radius 2 is 1.32 bits per heavy atom. The van der Waals surface area contributed by atoms with Crippen molar-refractivity contribution in [2.24, 2.45) is 0 Å². The number of ether oxygens (including phenoxy) is 2. The van der Waals surface area contributed by atoms with E-state index in [0.717, 1.165) is 16.9 Å². The van der Waals surface area contributed by atoms with Crippen LogP contribution in [0, 0.1) is 6.92 Å². The molecule has 140 valence electrons. The van der Waals surface area contributed by atoms with Gasteiger partial charge < -0.3 is 9.47 Å².